The van der Waals surface area contributed by atoms with Crippen molar-refractivity contribution in [1.29, 1.82) is 0 Å². The normalized spacial score (nSPS) is 15.1. The topological polar surface area (TPSA) is 102 Å². The molecule has 8 nitrogen and oxygen atoms in total. The van der Waals surface area contributed by atoms with Crippen LogP contribution in [0.1, 0.15) is 36.2 Å². The zero-order valence-electron chi connectivity index (χ0n) is 17.2. The summed E-state index contributed by atoms with van der Waals surface area (Å²) in [7, 11) is 0. The molecule has 0 saturated carbocycles. The van der Waals surface area contributed by atoms with Crippen LogP contribution in [0.25, 0.3) is 6.08 Å². The van der Waals surface area contributed by atoms with Gasteiger partial charge in [0.2, 0.25) is 0 Å². The Morgan fingerprint density at radius 1 is 1.03 bits per heavy atom. The van der Waals surface area contributed by atoms with Crippen molar-refractivity contribution >= 4 is 35.6 Å². The van der Waals surface area contributed by atoms with E-state index in [1.54, 1.807) is 31.2 Å². The maximum absolute atomic E-state index is 13.0. The number of nitrogens with one attached hydrogen (secondary N) is 1. The molecule has 0 bridgehead atoms. The summed E-state index contributed by atoms with van der Waals surface area (Å²) in [4.78, 5) is 50.5. The lowest BCUT2D eigenvalue weighted by Gasteiger charge is -2.26. The number of carbonyl (C=O) groups excluding carboxylic acids is 4. The van der Waals surface area contributed by atoms with Gasteiger partial charge in [0.1, 0.15) is 11.3 Å². The lowest BCUT2D eigenvalue weighted by Crippen LogP contribution is -2.54. The molecule has 2 aromatic rings. The maximum atomic E-state index is 13.0. The molecule has 0 unspecified atom stereocenters. The first-order chi connectivity index (χ1) is 15.0. The number of amides is 4. The number of hydrogen-bond acceptors (Lipinski definition) is 6. The van der Waals surface area contributed by atoms with Gasteiger partial charge >= 0.3 is 12.0 Å². The van der Waals surface area contributed by atoms with E-state index < -0.39 is 23.8 Å². The van der Waals surface area contributed by atoms with E-state index in [4.69, 9.17) is 9.47 Å². The molecular weight excluding hydrogens is 400 g/mol. The number of hydrogen-bond donors (Lipinski definition) is 1. The Bertz CT molecular complexity index is 1040. The number of anilines is 1. The minimum Gasteiger partial charge on any atom is -0.493 e. The van der Waals surface area contributed by atoms with Gasteiger partial charge in [-0.15, -0.1) is 0 Å². The number of ether oxygens (including phenoxy) is 2. The highest BCUT2D eigenvalue weighted by molar-refractivity contribution is 6.39. The number of barbiturate groups is 1. The zero-order chi connectivity index (χ0) is 22.4. The molecule has 0 aliphatic carbocycles. The summed E-state index contributed by atoms with van der Waals surface area (Å²) < 4.78 is 10.6. The third-order valence-corrected chi connectivity index (χ3v) is 4.42. The Morgan fingerprint density at radius 3 is 2.42 bits per heavy atom. The monoisotopic (exact) mass is 422 g/mol. The molecule has 1 heterocycles. The number of rotatable bonds is 7. The van der Waals surface area contributed by atoms with E-state index in [-0.39, 0.29) is 23.4 Å². The van der Waals surface area contributed by atoms with Crippen molar-refractivity contribution < 1.29 is 28.7 Å². The van der Waals surface area contributed by atoms with Crippen molar-refractivity contribution in [2.45, 2.75) is 20.3 Å². The van der Waals surface area contributed by atoms with Crippen LogP contribution >= 0.6 is 0 Å². The van der Waals surface area contributed by atoms with Crippen molar-refractivity contribution in [2.75, 3.05) is 18.1 Å². The van der Waals surface area contributed by atoms with Gasteiger partial charge in [-0.1, -0.05) is 25.1 Å². The third-order valence-electron chi connectivity index (χ3n) is 4.42. The average molecular weight is 422 g/mol. The van der Waals surface area contributed by atoms with Gasteiger partial charge in [0, 0.05) is 5.56 Å². The van der Waals surface area contributed by atoms with E-state index in [2.05, 4.69) is 5.32 Å². The molecule has 1 fully saturated rings. The largest absolute Gasteiger partial charge is 0.493 e. The van der Waals surface area contributed by atoms with E-state index in [0.29, 0.717) is 17.9 Å². The molecule has 1 aliphatic heterocycles. The van der Waals surface area contributed by atoms with Gasteiger partial charge in [-0.3, -0.25) is 14.9 Å². The highest BCUT2D eigenvalue weighted by Gasteiger charge is 2.37. The molecule has 3 rings (SSSR count). The molecule has 1 aliphatic rings. The fourth-order valence-electron chi connectivity index (χ4n) is 2.95. The maximum Gasteiger partial charge on any atom is 0.338 e. The second-order valence-corrected chi connectivity index (χ2v) is 6.61. The Kier molecular flexibility index (Phi) is 6.81. The Balaban J connectivity index is 1.93. The Hall–Kier alpha value is -3.94. The number of urea groups is 1. The summed E-state index contributed by atoms with van der Waals surface area (Å²) in [6.07, 6.45) is 2.20. The second-order valence-electron chi connectivity index (χ2n) is 6.61. The van der Waals surface area contributed by atoms with Gasteiger partial charge in [-0.05, 0) is 49.8 Å². The second kappa shape index (κ2) is 9.71. The van der Waals surface area contributed by atoms with Crippen molar-refractivity contribution in [1.82, 2.24) is 5.32 Å². The number of nitrogens with zero attached hydrogens (tertiary/aromatic N) is 1. The highest BCUT2D eigenvalue weighted by atomic mass is 16.5. The van der Waals surface area contributed by atoms with Crippen LogP contribution in [0.2, 0.25) is 0 Å². The molecule has 31 heavy (non-hydrogen) atoms. The molecule has 160 valence electrons. The van der Waals surface area contributed by atoms with Crippen LogP contribution in [0.15, 0.2) is 54.1 Å². The first-order valence-corrected chi connectivity index (χ1v) is 9.86. The molecule has 0 radical (unpaired) electrons. The first kappa shape index (κ1) is 21.8. The van der Waals surface area contributed by atoms with Crippen LogP contribution in [-0.2, 0) is 14.3 Å². The van der Waals surface area contributed by atoms with Crippen molar-refractivity contribution in [3.63, 3.8) is 0 Å². The average Bonchev–Trinajstić information content (AvgIpc) is 2.76. The van der Waals surface area contributed by atoms with E-state index in [9.17, 15) is 19.2 Å². The summed E-state index contributed by atoms with van der Waals surface area (Å²) in [5, 5.41) is 2.18. The fourth-order valence-corrected chi connectivity index (χ4v) is 2.95. The lowest BCUT2D eigenvalue weighted by atomic mass is 10.1. The molecule has 2 aromatic carbocycles. The number of benzene rings is 2. The number of esters is 1. The van der Waals surface area contributed by atoms with Crippen LogP contribution in [0, 0.1) is 0 Å². The van der Waals surface area contributed by atoms with E-state index >= 15 is 0 Å². The minimum atomic E-state index is -0.869. The van der Waals surface area contributed by atoms with E-state index in [1.807, 2.05) is 6.92 Å². The van der Waals surface area contributed by atoms with Crippen LogP contribution in [0.5, 0.6) is 5.75 Å². The van der Waals surface area contributed by atoms with E-state index in [0.717, 1.165) is 11.3 Å². The third kappa shape index (κ3) is 4.80. The van der Waals surface area contributed by atoms with Crippen LogP contribution in [0.4, 0.5) is 10.5 Å². The molecule has 0 atom stereocenters. The summed E-state index contributed by atoms with van der Waals surface area (Å²) in [5.41, 5.74) is 0.830. The SMILES string of the molecule is CCCOc1ccccc1/C=C1\C(=O)NC(=O)N(c2ccc(C(=O)OCC)cc2)C1=O. The summed E-state index contributed by atoms with van der Waals surface area (Å²) in [5.74, 6) is -1.55. The van der Waals surface area contributed by atoms with Crippen LogP contribution in [0.3, 0.4) is 0 Å². The number of imide groups is 2. The van der Waals surface area contributed by atoms with Crippen LogP contribution in [-0.4, -0.2) is 37.0 Å². The standard InChI is InChI=1S/C23H22N2O6/c1-3-13-31-19-8-6-5-7-16(19)14-18-20(26)24-23(29)25(21(18)27)17-11-9-15(10-12-17)22(28)30-4-2/h5-12,14H,3-4,13H2,1-2H3,(H,24,26,29)/b18-14+. The van der Waals surface area contributed by atoms with Gasteiger partial charge in [0.25, 0.3) is 11.8 Å². The predicted octanol–water partition coefficient (Wildman–Crippen LogP) is 3.32. The molecule has 0 aromatic heterocycles. The van der Waals surface area contributed by atoms with Crippen molar-refractivity contribution in [2.24, 2.45) is 0 Å². The van der Waals surface area contributed by atoms with Crippen molar-refractivity contribution in [3.8, 4) is 5.75 Å². The molecule has 1 N–H and O–H groups in total. The summed E-state index contributed by atoms with van der Waals surface area (Å²) in [6, 6.07) is 11.9. The Labute approximate surface area is 179 Å². The molecule has 0 spiro atoms. The molecule has 4 amide bonds. The molecular formula is C23H22N2O6. The molecule has 1 saturated heterocycles. The lowest BCUT2D eigenvalue weighted by molar-refractivity contribution is -0.122. The van der Waals surface area contributed by atoms with Crippen molar-refractivity contribution in [3.05, 3.63) is 65.2 Å². The number of para-hydroxylation sites is 1. The zero-order valence-corrected chi connectivity index (χ0v) is 17.2. The van der Waals surface area contributed by atoms with Gasteiger partial charge in [0.05, 0.1) is 24.5 Å². The predicted molar refractivity (Wildman–Crippen MR) is 114 cm³/mol. The van der Waals surface area contributed by atoms with Gasteiger partial charge in [-0.2, -0.15) is 0 Å². The highest BCUT2D eigenvalue weighted by Crippen LogP contribution is 2.26. The first-order valence-electron chi connectivity index (χ1n) is 9.86. The van der Waals surface area contributed by atoms with Gasteiger partial charge in [0.15, 0.2) is 0 Å². The summed E-state index contributed by atoms with van der Waals surface area (Å²) in [6.45, 7) is 4.38. The van der Waals surface area contributed by atoms with Gasteiger partial charge < -0.3 is 9.47 Å². The minimum absolute atomic E-state index is 0.207. The number of carbonyl (C=O) groups is 4. The fraction of sp³-hybridized carbons (Fsp3) is 0.217. The quantitative estimate of drug-likeness (QED) is 0.417. The smallest absolute Gasteiger partial charge is 0.338 e. The van der Waals surface area contributed by atoms with Gasteiger partial charge in [-0.25, -0.2) is 14.5 Å². The van der Waals surface area contributed by atoms with E-state index in [1.165, 1.54) is 30.3 Å². The summed E-state index contributed by atoms with van der Waals surface area (Å²) >= 11 is 0. The Morgan fingerprint density at radius 2 is 1.74 bits per heavy atom. The molecule has 8 heteroatoms. The van der Waals surface area contributed by atoms with Crippen LogP contribution < -0.4 is 15.0 Å².